The van der Waals surface area contributed by atoms with Gasteiger partial charge in [-0.25, -0.2) is 0 Å². The molecule has 0 bridgehead atoms. The molecule has 0 aliphatic carbocycles. The van der Waals surface area contributed by atoms with Crippen molar-refractivity contribution in [2.45, 2.75) is 24.6 Å². The highest BCUT2D eigenvalue weighted by Crippen LogP contribution is 2.26. The Kier molecular flexibility index (Phi) is 2.29. The molecule has 1 N–H and O–H groups in total. The Morgan fingerprint density at radius 2 is 2.33 bits per heavy atom. The summed E-state index contributed by atoms with van der Waals surface area (Å²) in [5, 5.41) is 9.55. The second kappa shape index (κ2) is 3.27. The van der Waals surface area contributed by atoms with E-state index in [0.717, 1.165) is 0 Å². The molecule has 0 aromatic heterocycles. The number of ether oxygens (including phenoxy) is 4. The quantitative estimate of drug-likeness (QED) is 0.560. The molecule has 5 heteroatoms. The molecule has 0 radical (unpaired) electrons. The van der Waals surface area contributed by atoms with Crippen molar-refractivity contribution < 1.29 is 24.1 Å². The van der Waals surface area contributed by atoms with Gasteiger partial charge >= 0.3 is 0 Å². The van der Waals surface area contributed by atoms with Crippen LogP contribution in [0.3, 0.4) is 0 Å². The van der Waals surface area contributed by atoms with Crippen LogP contribution in [0.25, 0.3) is 0 Å². The van der Waals surface area contributed by atoms with E-state index in [0.29, 0.717) is 6.61 Å². The fraction of sp³-hybridized carbons (Fsp3) is 1.00. The highest BCUT2D eigenvalue weighted by Gasteiger charge is 2.46. The molecule has 0 spiro atoms. The van der Waals surface area contributed by atoms with Crippen molar-refractivity contribution >= 4 is 0 Å². The number of methoxy groups -OCH3 is 1. The van der Waals surface area contributed by atoms with E-state index in [1.54, 1.807) is 0 Å². The van der Waals surface area contributed by atoms with Crippen molar-refractivity contribution in [3.63, 3.8) is 0 Å². The van der Waals surface area contributed by atoms with Gasteiger partial charge in [0.2, 0.25) is 0 Å². The molecule has 12 heavy (non-hydrogen) atoms. The molecule has 70 valence electrons. The van der Waals surface area contributed by atoms with E-state index >= 15 is 0 Å². The summed E-state index contributed by atoms with van der Waals surface area (Å²) in [5.41, 5.74) is 0. The second-order valence-corrected chi connectivity index (χ2v) is 2.89. The fourth-order valence-electron chi connectivity index (χ4n) is 1.53. The maximum atomic E-state index is 9.55. The molecule has 2 aliphatic rings. The molecular formula is C7H12O5. The molecule has 4 atom stereocenters. The monoisotopic (exact) mass is 176 g/mol. The fourth-order valence-corrected chi connectivity index (χ4v) is 1.53. The summed E-state index contributed by atoms with van der Waals surface area (Å²) in [5.74, 6) is 0. The van der Waals surface area contributed by atoms with E-state index in [-0.39, 0.29) is 19.0 Å². The summed E-state index contributed by atoms with van der Waals surface area (Å²) in [7, 11) is 1.49. The number of hydrogen-bond acceptors (Lipinski definition) is 5. The first-order chi connectivity index (χ1) is 5.83. The van der Waals surface area contributed by atoms with Gasteiger partial charge in [0.05, 0.1) is 6.61 Å². The van der Waals surface area contributed by atoms with Gasteiger partial charge in [0.25, 0.3) is 0 Å². The number of aliphatic hydroxyl groups excluding tert-OH is 1. The number of rotatable bonds is 1. The summed E-state index contributed by atoms with van der Waals surface area (Å²) in [6.45, 7) is 0.680. The SMILES string of the molecule is COC1OC2COCOC2C1O. The zero-order chi connectivity index (χ0) is 8.55. The highest BCUT2D eigenvalue weighted by molar-refractivity contribution is 4.88. The normalized spacial score (nSPS) is 47.5. The van der Waals surface area contributed by atoms with Crippen molar-refractivity contribution in [1.82, 2.24) is 0 Å². The smallest absolute Gasteiger partial charge is 0.186 e. The Morgan fingerprint density at radius 1 is 1.50 bits per heavy atom. The van der Waals surface area contributed by atoms with Crippen LogP contribution in [0, 0.1) is 0 Å². The predicted molar refractivity (Wildman–Crippen MR) is 37.4 cm³/mol. The largest absolute Gasteiger partial charge is 0.385 e. The van der Waals surface area contributed by atoms with Crippen LogP contribution < -0.4 is 0 Å². The minimum Gasteiger partial charge on any atom is -0.385 e. The van der Waals surface area contributed by atoms with Crippen LogP contribution in [0.2, 0.25) is 0 Å². The van der Waals surface area contributed by atoms with Gasteiger partial charge in [0, 0.05) is 7.11 Å². The lowest BCUT2D eigenvalue weighted by atomic mass is 10.1. The van der Waals surface area contributed by atoms with Gasteiger partial charge in [-0.1, -0.05) is 0 Å². The van der Waals surface area contributed by atoms with Gasteiger partial charge in [-0.15, -0.1) is 0 Å². The second-order valence-electron chi connectivity index (χ2n) is 2.89. The maximum Gasteiger partial charge on any atom is 0.186 e. The van der Waals surface area contributed by atoms with Crippen molar-refractivity contribution in [2.75, 3.05) is 20.5 Å². The Balaban J connectivity index is 2.03. The molecule has 2 heterocycles. The van der Waals surface area contributed by atoms with Crippen LogP contribution >= 0.6 is 0 Å². The Labute approximate surface area is 70.2 Å². The minimum atomic E-state index is -0.705. The lowest BCUT2D eigenvalue weighted by molar-refractivity contribution is -0.194. The third-order valence-electron chi connectivity index (χ3n) is 2.15. The molecule has 0 saturated carbocycles. The first-order valence-corrected chi connectivity index (χ1v) is 3.88. The zero-order valence-electron chi connectivity index (χ0n) is 6.80. The van der Waals surface area contributed by atoms with Gasteiger partial charge in [-0.3, -0.25) is 0 Å². The van der Waals surface area contributed by atoms with Crippen LogP contribution in [-0.2, 0) is 18.9 Å². The van der Waals surface area contributed by atoms with Crippen molar-refractivity contribution in [3.05, 3.63) is 0 Å². The van der Waals surface area contributed by atoms with Gasteiger partial charge in [-0.05, 0) is 0 Å². The van der Waals surface area contributed by atoms with Gasteiger partial charge in [0.15, 0.2) is 6.29 Å². The summed E-state index contributed by atoms with van der Waals surface area (Å²) < 4.78 is 20.4. The molecule has 0 amide bonds. The average molecular weight is 176 g/mol. The standard InChI is InChI=1S/C7H12O5/c1-9-7-5(8)6-4(12-7)2-10-3-11-6/h4-8H,2-3H2,1H3. The van der Waals surface area contributed by atoms with Crippen molar-refractivity contribution in [2.24, 2.45) is 0 Å². The number of aliphatic hydroxyl groups is 1. The third kappa shape index (κ3) is 1.23. The molecule has 0 aromatic carbocycles. The predicted octanol–water partition coefficient (Wildman–Crippen LogP) is -0.909. The molecule has 2 aliphatic heterocycles. The summed E-state index contributed by atoms with van der Waals surface area (Å²) in [4.78, 5) is 0. The van der Waals surface area contributed by atoms with Crippen molar-refractivity contribution in [1.29, 1.82) is 0 Å². The van der Waals surface area contributed by atoms with Crippen LogP contribution in [0.4, 0.5) is 0 Å². The molecule has 2 fully saturated rings. The molecule has 5 nitrogen and oxygen atoms in total. The molecule has 4 unspecified atom stereocenters. The number of hydrogen-bond donors (Lipinski definition) is 1. The van der Waals surface area contributed by atoms with Crippen LogP contribution in [-0.4, -0.2) is 50.2 Å². The highest BCUT2D eigenvalue weighted by atomic mass is 16.8. The first-order valence-electron chi connectivity index (χ1n) is 3.88. The first kappa shape index (κ1) is 8.40. The summed E-state index contributed by atoms with van der Waals surface area (Å²) >= 11 is 0. The van der Waals surface area contributed by atoms with Crippen LogP contribution in [0.5, 0.6) is 0 Å². The maximum absolute atomic E-state index is 9.55. The van der Waals surface area contributed by atoms with Gasteiger partial charge in [0.1, 0.15) is 25.1 Å². The Morgan fingerprint density at radius 3 is 3.00 bits per heavy atom. The van der Waals surface area contributed by atoms with E-state index in [1.165, 1.54) is 7.11 Å². The van der Waals surface area contributed by atoms with Gasteiger partial charge in [-0.2, -0.15) is 0 Å². The van der Waals surface area contributed by atoms with Crippen LogP contribution in [0.15, 0.2) is 0 Å². The van der Waals surface area contributed by atoms with E-state index < -0.39 is 12.4 Å². The molecule has 2 saturated heterocycles. The summed E-state index contributed by atoms with van der Waals surface area (Å²) in [6.07, 6.45) is -1.78. The topological polar surface area (TPSA) is 57.2 Å². The average Bonchev–Trinajstić information content (AvgIpc) is 2.44. The number of fused-ring (bicyclic) bond motifs is 1. The summed E-state index contributed by atoms with van der Waals surface area (Å²) in [6, 6.07) is 0. The molecular weight excluding hydrogens is 164 g/mol. The van der Waals surface area contributed by atoms with E-state index in [4.69, 9.17) is 18.9 Å². The van der Waals surface area contributed by atoms with E-state index in [1.807, 2.05) is 0 Å². The van der Waals surface area contributed by atoms with Crippen LogP contribution in [0.1, 0.15) is 0 Å². The minimum absolute atomic E-state index is 0.196. The van der Waals surface area contributed by atoms with Crippen molar-refractivity contribution in [3.8, 4) is 0 Å². The third-order valence-corrected chi connectivity index (χ3v) is 2.15. The Bertz CT molecular complexity index is 160. The molecule has 0 aromatic rings. The lowest BCUT2D eigenvalue weighted by Crippen LogP contribution is -2.41. The van der Waals surface area contributed by atoms with E-state index in [2.05, 4.69) is 0 Å². The van der Waals surface area contributed by atoms with E-state index in [9.17, 15) is 5.11 Å². The lowest BCUT2D eigenvalue weighted by Gasteiger charge is -2.25. The van der Waals surface area contributed by atoms with Gasteiger partial charge < -0.3 is 24.1 Å². The Hall–Kier alpha value is -0.200. The zero-order valence-corrected chi connectivity index (χ0v) is 6.80. The molecule has 2 rings (SSSR count).